The molecular weight excluding hydrogens is 202 g/mol. The van der Waals surface area contributed by atoms with Crippen molar-refractivity contribution in [2.24, 2.45) is 0 Å². The van der Waals surface area contributed by atoms with Crippen molar-refractivity contribution in [2.45, 2.75) is 24.0 Å². The van der Waals surface area contributed by atoms with Crippen molar-refractivity contribution in [1.82, 2.24) is 25.5 Å². The summed E-state index contributed by atoms with van der Waals surface area (Å²) in [4.78, 5) is 11.0. The van der Waals surface area contributed by atoms with Crippen LogP contribution in [0.25, 0.3) is 0 Å². The highest BCUT2D eigenvalue weighted by Gasteiger charge is 2.27. The van der Waals surface area contributed by atoms with Crippen LogP contribution in [-0.4, -0.2) is 38.9 Å². The summed E-state index contributed by atoms with van der Waals surface area (Å²) in [7, 11) is 1.62. The van der Waals surface area contributed by atoms with Crippen LogP contribution < -0.4 is 5.32 Å². The third-order valence-electron chi connectivity index (χ3n) is 1.97. The lowest BCUT2D eigenvalue weighted by Crippen LogP contribution is -2.20. The maximum absolute atomic E-state index is 11.0. The zero-order valence-corrected chi connectivity index (χ0v) is 8.62. The van der Waals surface area contributed by atoms with Crippen molar-refractivity contribution in [3.63, 3.8) is 0 Å². The van der Waals surface area contributed by atoms with E-state index in [1.165, 1.54) is 11.8 Å². The van der Waals surface area contributed by atoms with Crippen molar-refractivity contribution in [1.29, 1.82) is 0 Å². The van der Waals surface area contributed by atoms with E-state index in [0.717, 1.165) is 18.0 Å². The third kappa shape index (κ3) is 2.03. The predicted octanol–water partition coefficient (Wildman–Crippen LogP) is -0.154. The number of rotatable bonds is 4. The van der Waals surface area contributed by atoms with Crippen molar-refractivity contribution >= 4 is 17.7 Å². The van der Waals surface area contributed by atoms with Gasteiger partial charge in [-0.15, -0.1) is 5.10 Å². The van der Waals surface area contributed by atoms with Crippen molar-refractivity contribution in [3.8, 4) is 0 Å². The summed E-state index contributed by atoms with van der Waals surface area (Å²) >= 11 is 1.37. The molecule has 0 radical (unpaired) electrons. The number of aromatic nitrogens is 4. The molecular formula is C7H11N5OS. The Labute approximate surface area is 85.4 Å². The molecule has 76 valence electrons. The molecule has 2 rings (SSSR count). The van der Waals surface area contributed by atoms with Gasteiger partial charge in [-0.2, -0.15) is 0 Å². The van der Waals surface area contributed by atoms with Gasteiger partial charge in [-0.25, -0.2) is 4.68 Å². The zero-order chi connectivity index (χ0) is 9.97. The Morgan fingerprint density at radius 3 is 3.14 bits per heavy atom. The number of nitrogens with zero attached hydrogens (tertiary/aromatic N) is 4. The number of hydrogen-bond donors (Lipinski definition) is 1. The Morgan fingerprint density at radius 1 is 1.71 bits per heavy atom. The van der Waals surface area contributed by atoms with Crippen LogP contribution in [0.3, 0.4) is 0 Å². The molecule has 1 aromatic rings. The summed E-state index contributed by atoms with van der Waals surface area (Å²) < 4.78 is 1.80. The molecule has 1 amide bonds. The number of nitrogens with one attached hydrogen (secondary N) is 1. The normalized spacial score (nSPS) is 15.5. The molecule has 0 aromatic carbocycles. The smallest absolute Gasteiger partial charge is 0.230 e. The van der Waals surface area contributed by atoms with Gasteiger partial charge in [-0.3, -0.25) is 4.79 Å². The number of tetrazole rings is 1. The van der Waals surface area contributed by atoms with Crippen LogP contribution in [0.15, 0.2) is 5.16 Å². The summed E-state index contributed by atoms with van der Waals surface area (Å²) in [5.41, 5.74) is 0. The molecule has 1 heterocycles. The van der Waals surface area contributed by atoms with Crippen LogP contribution in [-0.2, 0) is 4.79 Å². The van der Waals surface area contributed by atoms with E-state index >= 15 is 0 Å². The van der Waals surface area contributed by atoms with E-state index in [-0.39, 0.29) is 5.91 Å². The molecule has 0 bridgehead atoms. The number of carbonyl (C=O) groups is 1. The van der Waals surface area contributed by atoms with Gasteiger partial charge in [0.25, 0.3) is 0 Å². The van der Waals surface area contributed by atoms with Gasteiger partial charge < -0.3 is 5.32 Å². The fourth-order valence-electron chi connectivity index (χ4n) is 1.03. The summed E-state index contributed by atoms with van der Waals surface area (Å²) in [5.74, 6) is 0.351. The highest BCUT2D eigenvalue weighted by atomic mass is 32.2. The molecule has 7 heteroatoms. The molecule has 6 nitrogen and oxygen atoms in total. The van der Waals surface area contributed by atoms with Crippen molar-refractivity contribution in [2.75, 3.05) is 12.8 Å². The maximum atomic E-state index is 11.0. The predicted molar refractivity (Wildman–Crippen MR) is 50.9 cm³/mol. The van der Waals surface area contributed by atoms with E-state index < -0.39 is 0 Å². The lowest BCUT2D eigenvalue weighted by molar-refractivity contribution is -0.118. The number of carbonyl (C=O) groups excluding carboxylic acids is 1. The second-order valence-electron chi connectivity index (χ2n) is 3.10. The number of thioether (sulfide) groups is 1. The molecule has 1 fully saturated rings. The van der Waals surface area contributed by atoms with Gasteiger partial charge in [0.15, 0.2) is 0 Å². The molecule has 0 spiro atoms. The first-order valence-electron chi connectivity index (χ1n) is 4.42. The monoisotopic (exact) mass is 213 g/mol. The molecule has 1 aliphatic rings. The summed E-state index contributed by atoms with van der Waals surface area (Å²) in [6.07, 6.45) is 2.27. The Balaban J connectivity index is 1.94. The topological polar surface area (TPSA) is 72.7 Å². The van der Waals surface area contributed by atoms with E-state index in [4.69, 9.17) is 0 Å². The molecule has 0 atom stereocenters. The summed E-state index contributed by atoms with van der Waals surface area (Å²) in [6, 6.07) is 0.456. The Hall–Kier alpha value is -1.11. The maximum Gasteiger partial charge on any atom is 0.230 e. The van der Waals surface area contributed by atoms with Gasteiger partial charge in [-0.05, 0) is 23.3 Å². The van der Waals surface area contributed by atoms with Crippen LogP contribution in [0.5, 0.6) is 0 Å². The molecule has 14 heavy (non-hydrogen) atoms. The minimum Gasteiger partial charge on any atom is -0.358 e. The molecule has 1 saturated carbocycles. The average molecular weight is 213 g/mol. The van der Waals surface area contributed by atoms with Crippen LogP contribution in [0.1, 0.15) is 18.9 Å². The highest BCUT2D eigenvalue weighted by molar-refractivity contribution is 7.99. The first-order valence-corrected chi connectivity index (χ1v) is 5.41. The first kappa shape index (κ1) is 9.45. The number of amides is 1. The lowest BCUT2D eigenvalue weighted by Gasteiger charge is -2.00. The largest absolute Gasteiger partial charge is 0.358 e. The van der Waals surface area contributed by atoms with Crippen LogP contribution in [0, 0.1) is 0 Å². The van der Waals surface area contributed by atoms with Gasteiger partial charge >= 0.3 is 0 Å². The van der Waals surface area contributed by atoms with Crippen molar-refractivity contribution in [3.05, 3.63) is 0 Å². The standard InChI is InChI=1S/C7H11N5OS/c1-8-6(13)4-14-7-9-10-11-12(7)5-2-3-5/h5H,2-4H2,1H3,(H,8,13). The molecule has 0 saturated heterocycles. The minimum absolute atomic E-state index is 0.0136. The SMILES string of the molecule is CNC(=O)CSc1nnnn1C1CC1. The van der Waals surface area contributed by atoms with E-state index in [1.807, 2.05) is 0 Å². The van der Waals surface area contributed by atoms with E-state index in [0.29, 0.717) is 11.8 Å². The van der Waals surface area contributed by atoms with Crippen LogP contribution >= 0.6 is 11.8 Å². The van der Waals surface area contributed by atoms with E-state index in [9.17, 15) is 4.79 Å². The molecule has 1 aromatic heterocycles. The zero-order valence-electron chi connectivity index (χ0n) is 7.80. The van der Waals surface area contributed by atoms with Crippen LogP contribution in [0.2, 0.25) is 0 Å². The third-order valence-corrected chi connectivity index (χ3v) is 2.90. The second-order valence-corrected chi connectivity index (χ2v) is 4.04. The summed E-state index contributed by atoms with van der Waals surface area (Å²) in [5, 5.41) is 14.6. The number of hydrogen-bond acceptors (Lipinski definition) is 5. The van der Waals surface area contributed by atoms with E-state index in [2.05, 4.69) is 20.8 Å². The fourth-order valence-corrected chi connectivity index (χ4v) is 1.85. The second kappa shape index (κ2) is 3.95. The van der Waals surface area contributed by atoms with Crippen LogP contribution in [0.4, 0.5) is 0 Å². The average Bonchev–Trinajstić information content (AvgIpc) is 2.94. The molecule has 1 N–H and O–H groups in total. The van der Waals surface area contributed by atoms with Gasteiger partial charge in [0.1, 0.15) is 0 Å². The van der Waals surface area contributed by atoms with Gasteiger partial charge in [0, 0.05) is 7.05 Å². The summed E-state index contributed by atoms with van der Waals surface area (Å²) in [6.45, 7) is 0. The highest BCUT2D eigenvalue weighted by Crippen LogP contribution is 2.36. The lowest BCUT2D eigenvalue weighted by atomic mass is 10.7. The molecule has 0 unspecified atom stereocenters. The quantitative estimate of drug-likeness (QED) is 0.704. The van der Waals surface area contributed by atoms with Crippen molar-refractivity contribution < 1.29 is 4.79 Å². The molecule has 0 aliphatic heterocycles. The Kier molecular flexibility index (Phi) is 2.67. The van der Waals surface area contributed by atoms with Gasteiger partial charge in [0.2, 0.25) is 11.1 Å². The van der Waals surface area contributed by atoms with E-state index in [1.54, 1.807) is 11.7 Å². The molecule has 1 aliphatic carbocycles. The van der Waals surface area contributed by atoms with Gasteiger partial charge in [-0.1, -0.05) is 11.8 Å². The first-order chi connectivity index (χ1) is 6.81. The Bertz CT molecular complexity index is 335. The fraction of sp³-hybridized carbons (Fsp3) is 0.714. The van der Waals surface area contributed by atoms with Gasteiger partial charge in [0.05, 0.1) is 11.8 Å². The minimum atomic E-state index is -0.0136. The Morgan fingerprint density at radius 2 is 2.50 bits per heavy atom.